The van der Waals surface area contributed by atoms with Gasteiger partial charge in [0.05, 0.1) is 33.3 Å². The predicted octanol–water partition coefficient (Wildman–Crippen LogP) is 2.53. The van der Waals surface area contributed by atoms with Gasteiger partial charge in [-0.15, -0.1) is 0 Å². The van der Waals surface area contributed by atoms with E-state index in [-0.39, 0.29) is 28.5 Å². The van der Waals surface area contributed by atoms with E-state index >= 15 is 0 Å². The summed E-state index contributed by atoms with van der Waals surface area (Å²) in [6, 6.07) is 4.60. The van der Waals surface area contributed by atoms with Crippen molar-refractivity contribution in [2.45, 2.75) is 19.4 Å². The molecule has 1 aliphatic rings. The Bertz CT molecular complexity index is 615. The van der Waals surface area contributed by atoms with Crippen molar-refractivity contribution in [3.63, 3.8) is 0 Å². The van der Waals surface area contributed by atoms with Crippen molar-refractivity contribution >= 4 is 44.6 Å². The molecule has 104 valence electrons. The maximum Gasteiger partial charge on any atom is 0.224 e. The van der Waals surface area contributed by atoms with Gasteiger partial charge < -0.3 is 4.90 Å². The summed E-state index contributed by atoms with van der Waals surface area (Å²) in [6.07, 6.45) is 0.421. The monoisotopic (exact) mass is 321 g/mol. The summed E-state index contributed by atoms with van der Waals surface area (Å²) >= 11 is 12.0. The second-order valence-electron chi connectivity index (χ2n) is 4.52. The number of hydrogen-bond acceptors (Lipinski definition) is 3. The Balaban J connectivity index is 2.42. The fourth-order valence-electron chi connectivity index (χ4n) is 2.28. The molecular weight excluding hydrogens is 309 g/mol. The molecule has 1 amide bonds. The number of amides is 1. The molecule has 1 heterocycles. The molecule has 0 spiro atoms. The molecule has 1 aromatic carbocycles. The first kappa shape index (κ1) is 14.6. The first-order chi connectivity index (χ1) is 8.82. The minimum atomic E-state index is -3.07. The fraction of sp³-hybridized carbons (Fsp3) is 0.417. The Morgan fingerprint density at radius 2 is 2.05 bits per heavy atom. The zero-order valence-electron chi connectivity index (χ0n) is 10.3. The van der Waals surface area contributed by atoms with Gasteiger partial charge in [-0.05, 0) is 18.6 Å². The van der Waals surface area contributed by atoms with Crippen LogP contribution >= 0.6 is 23.2 Å². The van der Waals surface area contributed by atoms with Gasteiger partial charge in [0.15, 0.2) is 9.84 Å². The maximum atomic E-state index is 11.8. The van der Waals surface area contributed by atoms with Crippen molar-refractivity contribution in [3.05, 3.63) is 28.2 Å². The highest BCUT2D eigenvalue weighted by atomic mass is 35.5. The van der Waals surface area contributed by atoms with E-state index in [1.165, 1.54) is 11.8 Å². The Hall–Kier alpha value is -0.780. The predicted molar refractivity (Wildman–Crippen MR) is 76.7 cm³/mol. The Labute approximate surface area is 122 Å². The van der Waals surface area contributed by atoms with Gasteiger partial charge >= 0.3 is 0 Å². The zero-order valence-corrected chi connectivity index (χ0v) is 12.6. The van der Waals surface area contributed by atoms with Gasteiger partial charge in [-0.3, -0.25) is 4.79 Å². The van der Waals surface area contributed by atoms with Crippen LogP contribution in [0.5, 0.6) is 0 Å². The highest BCUT2D eigenvalue weighted by Gasteiger charge is 2.35. The molecule has 1 aromatic rings. The number of halogens is 2. The van der Waals surface area contributed by atoms with Crippen LogP contribution in [-0.4, -0.2) is 31.9 Å². The summed E-state index contributed by atoms with van der Waals surface area (Å²) in [5.74, 6) is -0.180. The minimum Gasteiger partial charge on any atom is -0.307 e. The first-order valence-corrected chi connectivity index (χ1v) is 8.34. The van der Waals surface area contributed by atoms with Crippen LogP contribution in [0.3, 0.4) is 0 Å². The van der Waals surface area contributed by atoms with Crippen LogP contribution < -0.4 is 4.90 Å². The smallest absolute Gasteiger partial charge is 0.224 e. The lowest BCUT2D eigenvalue weighted by molar-refractivity contribution is -0.116. The van der Waals surface area contributed by atoms with Crippen LogP contribution in [0.4, 0.5) is 5.69 Å². The van der Waals surface area contributed by atoms with Gasteiger partial charge in [0.1, 0.15) is 0 Å². The lowest BCUT2D eigenvalue weighted by Crippen LogP contribution is -2.40. The molecular formula is C12H13Cl2NO3S. The molecule has 7 heteroatoms. The first-order valence-electron chi connectivity index (χ1n) is 5.76. The van der Waals surface area contributed by atoms with Crippen LogP contribution in [0.25, 0.3) is 0 Å². The molecule has 1 saturated heterocycles. The number of hydrogen-bond donors (Lipinski definition) is 0. The normalized spacial score (nSPS) is 21.3. The quantitative estimate of drug-likeness (QED) is 0.841. The average molecular weight is 322 g/mol. The van der Waals surface area contributed by atoms with E-state index in [0.29, 0.717) is 17.1 Å². The van der Waals surface area contributed by atoms with Crippen molar-refractivity contribution in [1.82, 2.24) is 0 Å². The van der Waals surface area contributed by atoms with Crippen LogP contribution in [-0.2, 0) is 14.6 Å². The van der Waals surface area contributed by atoms with Crippen molar-refractivity contribution in [1.29, 1.82) is 0 Å². The molecule has 0 aliphatic carbocycles. The molecule has 0 N–H and O–H groups in total. The van der Waals surface area contributed by atoms with E-state index in [1.54, 1.807) is 18.2 Å². The summed E-state index contributed by atoms with van der Waals surface area (Å²) in [7, 11) is -3.07. The minimum absolute atomic E-state index is 0.0323. The zero-order chi connectivity index (χ0) is 14.2. The number of rotatable bonds is 2. The topological polar surface area (TPSA) is 54.5 Å². The number of anilines is 1. The van der Waals surface area contributed by atoms with E-state index in [2.05, 4.69) is 0 Å². The second kappa shape index (κ2) is 5.31. The molecule has 2 rings (SSSR count). The highest BCUT2D eigenvalue weighted by molar-refractivity contribution is 7.91. The van der Waals surface area contributed by atoms with Gasteiger partial charge in [0.2, 0.25) is 5.91 Å². The average Bonchev–Trinajstić information content (AvgIpc) is 2.65. The lowest BCUT2D eigenvalue weighted by Gasteiger charge is -2.28. The fourth-order valence-corrected chi connectivity index (χ4v) is 4.37. The van der Waals surface area contributed by atoms with Gasteiger partial charge in [0.25, 0.3) is 0 Å². The van der Waals surface area contributed by atoms with Crippen molar-refractivity contribution in [2.24, 2.45) is 0 Å². The second-order valence-corrected chi connectivity index (χ2v) is 7.53. The van der Waals surface area contributed by atoms with Crippen LogP contribution in [0.15, 0.2) is 18.2 Å². The third-order valence-electron chi connectivity index (χ3n) is 3.10. The van der Waals surface area contributed by atoms with Crippen LogP contribution in [0.2, 0.25) is 10.0 Å². The summed E-state index contributed by atoms with van der Waals surface area (Å²) in [5, 5.41) is 0.606. The van der Waals surface area contributed by atoms with Crippen LogP contribution in [0.1, 0.15) is 13.3 Å². The molecule has 0 aromatic heterocycles. The summed E-state index contributed by atoms with van der Waals surface area (Å²) in [5.41, 5.74) is 0.462. The van der Waals surface area contributed by atoms with E-state index in [9.17, 15) is 13.2 Å². The standard InChI is InChI=1S/C12H13Cl2NO3S/c1-8(16)15(9-5-6-19(17,18)7-9)11-4-2-3-10(13)12(11)14/h2-4,9H,5-7H2,1H3. The van der Waals surface area contributed by atoms with E-state index in [0.717, 1.165) is 0 Å². The number of sulfone groups is 1. The molecule has 0 bridgehead atoms. The van der Waals surface area contributed by atoms with E-state index < -0.39 is 9.84 Å². The van der Waals surface area contributed by atoms with Gasteiger partial charge in [-0.25, -0.2) is 8.42 Å². The highest BCUT2D eigenvalue weighted by Crippen LogP contribution is 2.35. The number of carbonyl (C=O) groups excluding carboxylic acids is 1. The lowest BCUT2D eigenvalue weighted by atomic mass is 10.2. The van der Waals surface area contributed by atoms with E-state index in [1.807, 2.05) is 0 Å². The molecule has 1 aliphatic heterocycles. The number of carbonyl (C=O) groups is 1. The largest absolute Gasteiger partial charge is 0.307 e. The van der Waals surface area contributed by atoms with E-state index in [4.69, 9.17) is 23.2 Å². The molecule has 1 fully saturated rings. The molecule has 19 heavy (non-hydrogen) atoms. The molecule has 1 unspecified atom stereocenters. The Kier molecular flexibility index (Phi) is 4.08. The van der Waals surface area contributed by atoms with Gasteiger partial charge in [0, 0.05) is 6.92 Å². The number of nitrogens with zero attached hydrogens (tertiary/aromatic N) is 1. The third-order valence-corrected chi connectivity index (χ3v) is 5.66. The van der Waals surface area contributed by atoms with Crippen molar-refractivity contribution in [2.75, 3.05) is 16.4 Å². The molecule has 1 atom stereocenters. The third kappa shape index (κ3) is 3.04. The number of benzene rings is 1. The van der Waals surface area contributed by atoms with Gasteiger partial charge in [-0.1, -0.05) is 29.3 Å². The Morgan fingerprint density at radius 1 is 1.37 bits per heavy atom. The maximum absolute atomic E-state index is 11.8. The Morgan fingerprint density at radius 3 is 2.58 bits per heavy atom. The molecule has 0 saturated carbocycles. The SMILES string of the molecule is CC(=O)N(c1cccc(Cl)c1Cl)C1CCS(=O)(=O)C1. The summed E-state index contributed by atoms with van der Waals surface area (Å²) in [4.78, 5) is 13.3. The van der Waals surface area contributed by atoms with Crippen molar-refractivity contribution < 1.29 is 13.2 Å². The molecule has 4 nitrogen and oxygen atoms in total. The van der Waals surface area contributed by atoms with Crippen molar-refractivity contribution in [3.8, 4) is 0 Å². The summed E-state index contributed by atoms with van der Waals surface area (Å²) < 4.78 is 23.1. The van der Waals surface area contributed by atoms with Crippen LogP contribution in [0, 0.1) is 0 Å². The van der Waals surface area contributed by atoms with Gasteiger partial charge in [-0.2, -0.15) is 0 Å². The summed E-state index contributed by atoms with van der Waals surface area (Å²) in [6.45, 7) is 1.39. The molecule has 0 radical (unpaired) electrons.